The summed E-state index contributed by atoms with van der Waals surface area (Å²) in [6.07, 6.45) is 5.79. The van der Waals surface area contributed by atoms with E-state index < -0.39 is 0 Å². The Labute approximate surface area is 103 Å². The van der Waals surface area contributed by atoms with Gasteiger partial charge in [0.1, 0.15) is 0 Å². The van der Waals surface area contributed by atoms with Crippen molar-refractivity contribution in [2.45, 2.75) is 37.6 Å². The second-order valence-corrected chi connectivity index (χ2v) is 5.44. The molecule has 1 unspecified atom stereocenters. The monoisotopic (exact) mass is 231 g/mol. The van der Waals surface area contributed by atoms with Gasteiger partial charge in [-0.15, -0.1) is 0 Å². The van der Waals surface area contributed by atoms with Gasteiger partial charge in [0.25, 0.3) is 0 Å². The molecule has 0 amide bonds. The molecule has 1 heterocycles. The predicted octanol–water partition coefficient (Wildman–Crippen LogP) is 2.60. The molecule has 1 aliphatic heterocycles. The first-order valence-corrected chi connectivity index (χ1v) is 6.76. The van der Waals surface area contributed by atoms with Crippen molar-refractivity contribution in [1.29, 1.82) is 0 Å². The summed E-state index contributed by atoms with van der Waals surface area (Å²) >= 11 is 0. The van der Waals surface area contributed by atoms with Crippen LogP contribution >= 0.6 is 0 Å². The number of rotatable bonds is 1. The van der Waals surface area contributed by atoms with Crippen LogP contribution < -0.4 is 5.73 Å². The second kappa shape index (κ2) is 4.43. The van der Waals surface area contributed by atoms with Gasteiger partial charge < -0.3 is 10.5 Å². The van der Waals surface area contributed by atoms with Crippen LogP contribution in [0.5, 0.6) is 0 Å². The van der Waals surface area contributed by atoms with E-state index in [0.29, 0.717) is 5.92 Å². The summed E-state index contributed by atoms with van der Waals surface area (Å²) in [6, 6.07) is 8.75. The minimum absolute atomic E-state index is 0.0986. The lowest BCUT2D eigenvalue weighted by Crippen LogP contribution is -2.48. The average Bonchev–Trinajstić information content (AvgIpc) is 2.40. The van der Waals surface area contributed by atoms with E-state index in [-0.39, 0.29) is 5.54 Å². The van der Waals surface area contributed by atoms with Gasteiger partial charge in [-0.05, 0) is 49.1 Å². The van der Waals surface area contributed by atoms with Gasteiger partial charge in [0.05, 0.1) is 0 Å². The van der Waals surface area contributed by atoms with Crippen LogP contribution in [0.15, 0.2) is 24.3 Å². The largest absolute Gasteiger partial charge is 0.381 e. The molecular weight excluding hydrogens is 210 g/mol. The summed E-state index contributed by atoms with van der Waals surface area (Å²) in [7, 11) is 0. The Kier molecular flexibility index (Phi) is 2.93. The number of nitrogens with two attached hydrogens (primary N) is 1. The summed E-state index contributed by atoms with van der Waals surface area (Å²) in [5.41, 5.74) is 9.56. The van der Waals surface area contributed by atoms with Gasteiger partial charge in [-0.3, -0.25) is 0 Å². The molecule has 1 fully saturated rings. The van der Waals surface area contributed by atoms with Gasteiger partial charge in [-0.2, -0.15) is 0 Å². The van der Waals surface area contributed by atoms with E-state index in [1.165, 1.54) is 24.0 Å². The highest BCUT2D eigenvalue weighted by Crippen LogP contribution is 2.42. The lowest BCUT2D eigenvalue weighted by Gasteiger charge is -2.43. The molecule has 0 bridgehead atoms. The molecule has 3 rings (SSSR count). The summed E-state index contributed by atoms with van der Waals surface area (Å²) in [6.45, 7) is 1.76. The van der Waals surface area contributed by atoms with Crippen LogP contribution in [0, 0.1) is 5.92 Å². The quantitative estimate of drug-likeness (QED) is 0.806. The maximum atomic E-state index is 6.79. The Hall–Kier alpha value is -0.860. The van der Waals surface area contributed by atoms with Crippen LogP contribution in [0.2, 0.25) is 0 Å². The summed E-state index contributed by atoms with van der Waals surface area (Å²) in [5, 5.41) is 0. The molecule has 92 valence electrons. The van der Waals surface area contributed by atoms with Crippen molar-refractivity contribution in [2.24, 2.45) is 11.7 Å². The fraction of sp³-hybridized carbons (Fsp3) is 0.600. The van der Waals surface area contributed by atoms with E-state index in [9.17, 15) is 0 Å². The smallest absolute Gasteiger partial charge is 0.0469 e. The van der Waals surface area contributed by atoms with Crippen molar-refractivity contribution in [2.75, 3.05) is 13.2 Å². The fourth-order valence-electron chi connectivity index (χ4n) is 3.54. The molecule has 2 aliphatic rings. The predicted molar refractivity (Wildman–Crippen MR) is 68.8 cm³/mol. The van der Waals surface area contributed by atoms with Gasteiger partial charge in [0.15, 0.2) is 0 Å². The number of aryl methyl sites for hydroxylation is 1. The van der Waals surface area contributed by atoms with Gasteiger partial charge in [-0.25, -0.2) is 0 Å². The van der Waals surface area contributed by atoms with E-state index >= 15 is 0 Å². The molecule has 0 saturated carbocycles. The molecule has 2 N–H and O–H groups in total. The first kappa shape index (κ1) is 11.2. The van der Waals surface area contributed by atoms with E-state index in [2.05, 4.69) is 24.3 Å². The summed E-state index contributed by atoms with van der Waals surface area (Å²) in [5.74, 6) is 0.595. The van der Waals surface area contributed by atoms with Crippen molar-refractivity contribution < 1.29 is 4.74 Å². The SMILES string of the molecule is NC1(C2CCOCC2)CCCc2ccccc21. The lowest BCUT2D eigenvalue weighted by atomic mass is 9.67. The van der Waals surface area contributed by atoms with Gasteiger partial charge in [0.2, 0.25) is 0 Å². The molecule has 0 aromatic heterocycles. The molecule has 1 aromatic rings. The Balaban J connectivity index is 1.96. The molecule has 1 aliphatic carbocycles. The zero-order valence-corrected chi connectivity index (χ0v) is 10.3. The first-order chi connectivity index (χ1) is 8.31. The van der Waals surface area contributed by atoms with Crippen LogP contribution in [-0.2, 0) is 16.7 Å². The minimum atomic E-state index is -0.0986. The van der Waals surface area contributed by atoms with E-state index in [1.807, 2.05) is 0 Å². The minimum Gasteiger partial charge on any atom is -0.381 e. The van der Waals surface area contributed by atoms with E-state index in [0.717, 1.165) is 32.5 Å². The molecule has 1 saturated heterocycles. The molecule has 17 heavy (non-hydrogen) atoms. The molecule has 1 aromatic carbocycles. The highest BCUT2D eigenvalue weighted by molar-refractivity contribution is 5.36. The van der Waals surface area contributed by atoms with Crippen molar-refractivity contribution >= 4 is 0 Å². The number of fused-ring (bicyclic) bond motifs is 1. The first-order valence-electron chi connectivity index (χ1n) is 6.76. The number of benzene rings is 1. The third-order valence-electron chi connectivity index (χ3n) is 4.51. The van der Waals surface area contributed by atoms with Gasteiger partial charge in [-0.1, -0.05) is 24.3 Å². The summed E-state index contributed by atoms with van der Waals surface area (Å²) < 4.78 is 5.47. The third-order valence-corrected chi connectivity index (χ3v) is 4.51. The normalized spacial score (nSPS) is 29.9. The molecular formula is C15H21NO. The van der Waals surface area contributed by atoms with E-state index in [4.69, 9.17) is 10.5 Å². The van der Waals surface area contributed by atoms with Gasteiger partial charge in [0, 0.05) is 18.8 Å². The number of hydrogen-bond donors (Lipinski definition) is 1. The van der Waals surface area contributed by atoms with Gasteiger partial charge >= 0.3 is 0 Å². The Bertz CT molecular complexity index is 398. The maximum Gasteiger partial charge on any atom is 0.0469 e. The molecule has 1 atom stereocenters. The van der Waals surface area contributed by atoms with Crippen LogP contribution in [0.4, 0.5) is 0 Å². The Morgan fingerprint density at radius 1 is 1.18 bits per heavy atom. The standard InChI is InChI=1S/C15H21NO/c16-15(13-7-10-17-11-8-13)9-3-5-12-4-1-2-6-14(12)15/h1-2,4,6,13H,3,5,7-11,16H2. The Morgan fingerprint density at radius 2 is 1.94 bits per heavy atom. The number of hydrogen-bond acceptors (Lipinski definition) is 2. The zero-order valence-electron chi connectivity index (χ0n) is 10.3. The second-order valence-electron chi connectivity index (χ2n) is 5.44. The Morgan fingerprint density at radius 3 is 2.76 bits per heavy atom. The zero-order chi connectivity index (χ0) is 11.7. The van der Waals surface area contributed by atoms with Crippen molar-refractivity contribution in [3.05, 3.63) is 35.4 Å². The van der Waals surface area contributed by atoms with Crippen LogP contribution in [-0.4, -0.2) is 13.2 Å². The maximum absolute atomic E-state index is 6.79. The molecule has 2 nitrogen and oxygen atoms in total. The number of ether oxygens (including phenoxy) is 1. The van der Waals surface area contributed by atoms with Crippen molar-refractivity contribution in [3.8, 4) is 0 Å². The van der Waals surface area contributed by atoms with Crippen LogP contribution in [0.1, 0.15) is 36.8 Å². The highest BCUT2D eigenvalue weighted by Gasteiger charge is 2.40. The summed E-state index contributed by atoms with van der Waals surface area (Å²) in [4.78, 5) is 0. The molecule has 0 spiro atoms. The molecule has 0 radical (unpaired) electrons. The van der Waals surface area contributed by atoms with E-state index in [1.54, 1.807) is 0 Å². The fourth-order valence-corrected chi connectivity index (χ4v) is 3.54. The lowest BCUT2D eigenvalue weighted by molar-refractivity contribution is 0.0328. The average molecular weight is 231 g/mol. The molecule has 2 heteroatoms. The van der Waals surface area contributed by atoms with Crippen LogP contribution in [0.3, 0.4) is 0 Å². The van der Waals surface area contributed by atoms with Crippen molar-refractivity contribution in [1.82, 2.24) is 0 Å². The highest BCUT2D eigenvalue weighted by atomic mass is 16.5. The van der Waals surface area contributed by atoms with Crippen LogP contribution in [0.25, 0.3) is 0 Å². The third kappa shape index (κ3) is 1.90. The van der Waals surface area contributed by atoms with Crippen molar-refractivity contribution in [3.63, 3.8) is 0 Å². The topological polar surface area (TPSA) is 35.2 Å².